The van der Waals surface area contributed by atoms with E-state index in [2.05, 4.69) is 4.74 Å². The van der Waals surface area contributed by atoms with Crippen molar-refractivity contribution < 1.29 is 32.0 Å². The van der Waals surface area contributed by atoms with E-state index in [9.17, 15) is 13.2 Å². The van der Waals surface area contributed by atoms with Crippen molar-refractivity contribution in [3.63, 3.8) is 0 Å². The Morgan fingerprint density at radius 1 is 0.857 bits per heavy atom. The molecule has 1 aliphatic rings. The van der Waals surface area contributed by atoms with E-state index in [1.54, 1.807) is 0 Å². The van der Waals surface area contributed by atoms with Crippen molar-refractivity contribution in [2.45, 2.75) is 51.9 Å². The third-order valence-electron chi connectivity index (χ3n) is 5.01. The van der Waals surface area contributed by atoms with Gasteiger partial charge in [0.05, 0.1) is 11.2 Å². The Hall–Kier alpha value is -2.19. The molecule has 150 valence electrons. The van der Waals surface area contributed by atoms with E-state index < -0.39 is 24.7 Å². The molecule has 1 fully saturated rings. The third kappa shape index (κ3) is 4.62. The summed E-state index contributed by atoms with van der Waals surface area (Å²) in [4.78, 5) is 0. The van der Waals surface area contributed by atoms with E-state index in [4.69, 9.17) is 14.0 Å². The van der Waals surface area contributed by atoms with Gasteiger partial charge in [-0.2, -0.15) is 0 Å². The first-order valence-electron chi connectivity index (χ1n) is 8.89. The molecule has 2 aromatic rings. The Kier molecular flexibility index (Phi) is 5.38. The Labute approximate surface area is 162 Å². The van der Waals surface area contributed by atoms with Gasteiger partial charge in [-0.1, -0.05) is 24.3 Å². The number of hydrogen-bond donors (Lipinski definition) is 0. The zero-order valence-electron chi connectivity index (χ0n) is 16.2. The lowest BCUT2D eigenvalue weighted by molar-refractivity contribution is -0.274. The topological polar surface area (TPSA) is 36.9 Å². The average Bonchev–Trinajstić information content (AvgIpc) is 2.81. The highest BCUT2D eigenvalue weighted by atomic mass is 19.4. The van der Waals surface area contributed by atoms with Crippen LogP contribution in [0, 0.1) is 0 Å². The van der Waals surface area contributed by atoms with Crippen LogP contribution in [0.3, 0.4) is 0 Å². The maximum atomic E-state index is 12.2. The summed E-state index contributed by atoms with van der Waals surface area (Å²) in [6.07, 6.45) is -4.72. The van der Waals surface area contributed by atoms with Crippen molar-refractivity contribution >= 4 is 12.6 Å². The molecule has 0 aliphatic carbocycles. The van der Waals surface area contributed by atoms with Crippen LogP contribution in [0.5, 0.6) is 11.5 Å². The summed E-state index contributed by atoms with van der Waals surface area (Å²) in [5.74, 6) is 0.135. The molecule has 0 unspecified atom stereocenters. The van der Waals surface area contributed by atoms with E-state index in [-0.39, 0.29) is 12.4 Å². The highest BCUT2D eigenvalue weighted by Gasteiger charge is 2.52. The van der Waals surface area contributed by atoms with Crippen molar-refractivity contribution in [1.29, 1.82) is 0 Å². The van der Waals surface area contributed by atoms with Crippen LogP contribution in [0.15, 0.2) is 48.5 Å². The molecule has 0 bridgehead atoms. The van der Waals surface area contributed by atoms with Crippen molar-refractivity contribution in [3.05, 3.63) is 54.1 Å². The molecule has 4 nitrogen and oxygen atoms in total. The molecule has 0 N–H and O–H groups in total. The second-order valence-corrected chi connectivity index (χ2v) is 7.59. The van der Waals surface area contributed by atoms with Crippen molar-refractivity contribution in [3.8, 4) is 11.5 Å². The van der Waals surface area contributed by atoms with E-state index >= 15 is 0 Å². The minimum absolute atomic E-state index is 0.222. The summed E-state index contributed by atoms with van der Waals surface area (Å²) < 4.78 is 58.5. The second-order valence-electron chi connectivity index (χ2n) is 7.59. The lowest BCUT2D eigenvalue weighted by atomic mass is 9.76. The molecule has 3 rings (SSSR count). The van der Waals surface area contributed by atoms with Crippen molar-refractivity contribution in [2.24, 2.45) is 0 Å². The summed E-state index contributed by atoms with van der Waals surface area (Å²) in [7, 11) is -0.521. The van der Waals surface area contributed by atoms with Crippen LogP contribution in [0.1, 0.15) is 33.3 Å². The first-order chi connectivity index (χ1) is 13.0. The summed E-state index contributed by atoms with van der Waals surface area (Å²) in [5, 5.41) is 0. The van der Waals surface area contributed by atoms with Crippen molar-refractivity contribution in [2.75, 3.05) is 0 Å². The van der Waals surface area contributed by atoms with E-state index in [1.807, 2.05) is 52.0 Å². The summed E-state index contributed by atoms with van der Waals surface area (Å²) in [6.45, 7) is 8.15. The zero-order valence-corrected chi connectivity index (χ0v) is 16.2. The molecule has 1 aliphatic heterocycles. The van der Waals surface area contributed by atoms with Gasteiger partial charge in [0.15, 0.2) is 0 Å². The number of alkyl halides is 3. The SMILES string of the molecule is CC1(C)OB(c2ccccc2COc2ccc(OC(F)(F)F)cc2)OC1(C)C. The van der Waals surface area contributed by atoms with Gasteiger partial charge in [-0.05, 0) is 63.0 Å². The first-order valence-corrected chi connectivity index (χ1v) is 8.89. The molecular weight excluding hydrogens is 372 g/mol. The Morgan fingerprint density at radius 2 is 1.39 bits per heavy atom. The molecule has 0 atom stereocenters. The summed E-state index contributed by atoms with van der Waals surface area (Å²) in [5.41, 5.74) is 0.815. The average molecular weight is 394 g/mol. The Bertz CT molecular complexity index is 803. The van der Waals surface area contributed by atoms with E-state index in [0.717, 1.165) is 11.0 Å². The largest absolute Gasteiger partial charge is 0.573 e. The smallest absolute Gasteiger partial charge is 0.489 e. The first kappa shape index (κ1) is 20.5. The number of halogens is 3. The molecule has 2 aromatic carbocycles. The second kappa shape index (κ2) is 7.33. The maximum absolute atomic E-state index is 12.2. The number of benzene rings is 2. The van der Waals surface area contributed by atoms with Crippen LogP contribution in [0.25, 0.3) is 0 Å². The van der Waals surface area contributed by atoms with Crippen LogP contribution >= 0.6 is 0 Å². The minimum atomic E-state index is -4.72. The molecule has 1 saturated heterocycles. The molecule has 0 saturated carbocycles. The molecule has 0 radical (unpaired) electrons. The number of rotatable bonds is 5. The van der Waals surface area contributed by atoms with Crippen molar-refractivity contribution in [1.82, 2.24) is 0 Å². The van der Waals surface area contributed by atoms with Gasteiger partial charge in [-0.25, -0.2) is 0 Å². The predicted octanol–water partition coefficient (Wildman–Crippen LogP) is 4.46. The highest BCUT2D eigenvalue weighted by Crippen LogP contribution is 2.36. The lowest BCUT2D eigenvalue weighted by Gasteiger charge is -2.32. The van der Waals surface area contributed by atoms with Gasteiger partial charge >= 0.3 is 13.5 Å². The summed E-state index contributed by atoms with van der Waals surface area (Å²) in [6, 6.07) is 12.9. The fourth-order valence-electron chi connectivity index (χ4n) is 2.76. The standard InChI is InChI=1S/C20H22BF3O4/c1-18(2)19(3,4)28-21(27-18)17-8-6-5-7-14(17)13-25-15-9-11-16(12-10-15)26-20(22,23)24/h5-12H,13H2,1-4H3. The van der Waals surface area contributed by atoms with Crippen LogP contribution in [-0.2, 0) is 15.9 Å². The minimum Gasteiger partial charge on any atom is -0.489 e. The van der Waals surface area contributed by atoms with Gasteiger partial charge in [0.1, 0.15) is 18.1 Å². The Balaban J connectivity index is 1.69. The van der Waals surface area contributed by atoms with Crippen LogP contribution in [0.4, 0.5) is 13.2 Å². The molecule has 1 heterocycles. The third-order valence-corrected chi connectivity index (χ3v) is 5.01. The fourth-order valence-corrected chi connectivity index (χ4v) is 2.76. The molecule has 8 heteroatoms. The Morgan fingerprint density at radius 3 is 1.96 bits per heavy atom. The van der Waals surface area contributed by atoms with Gasteiger partial charge in [0.25, 0.3) is 0 Å². The number of hydrogen-bond acceptors (Lipinski definition) is 4. The molecule has 0 spiro atoms. The maximum Gasteiger partial charge on any atom is 0.573 e. The normalized spacial score (nSPS) is 18.2. The number of ether oxygens (including phenoxy) is 2. The zero-order chi connectivity index (χ0) is 20.6. The van der Waals surface area contributed by atoms with E-state index in [0.29, 0.717) is 5.75 Å². The quantitative estimate of drug-likeness (QED) is 0.702. The van der Waals surface area contributed by atoms with Gasteiger partial charge < -0.3 is 18.8 Å². The van der Waals surface area contributed by atoms with Gasteiger partial charge in [-0.3, -0.25) is 0 Å². The monoisotopic (exact) mass is 394 g/mol. The van der Waals surface area contributed by atoms with Crippen LogP contribution in [-0.4, -0.2) is 24.7 Å². The summed E-state index contributed by atoms with van der Waals surface area (Å²) >= 11 is 0. The highest BCUT2D eigenvalue weighted by molar-refractivity contribution is 6.62. The fraction of sp³-hybridized carbons (Fsp3) is 0.400. The molecule has 28 heavy (non-hydrogen) atoms. The van der Waals surface area contributed by atoms with Crippen LogP contribution < -0.4 is 14.9 Å². The predicted molar refractivity (Wildman–Crippen MR) is 99.6 cm³/mol. The molecule has 0 amide bonds. The van der Waals surface area contributed by atoms with E-state index in [1.165, 1.54) is 24.3 Å². The molecular formula is C20H22BF3O4. The van der Waals surface area contributed by atoms with Gasteiger partial charge in [0, 0.05) is 0 Å². The lowest BCUT2D eigenvalue weighted by Crippen LogP contribution is -2.41. The molecule has 0 aromatic heterocycles. The van der Waals surface area contributed by atoms with Crippen LogP contribution in [0.2, 0.25) is 0 Å². The van der Waals surface area contributed by atoms with Gasteiger partial charge in [-0.15, -0.1) is 13.2 Å². The van der Waals surface area contributed by atoms with Gasteiger partial charge in [0.2, 0.25) is 0 Å².